The molecule has 0 atom stereocenters. The van der Waals surface area contributed by atoms with Crippen molar-refractivity contribution < 1.29 is 23.5 Å². The molecule has 0 spiro atoms. The Morgan fingerprint density at radius 3 is 2.19 bits per heavy atom. The fourth-order valence-corrected chi connectivity index (χ4v) is 4.04. The second-order valence-electron chi connectivity index (χ2n) is 7.24. The van der Waals surface area contributed by atoms with Crippen LogP contribution in [0.15, 0.2) is 77.2 Å². The average Bonchev–Trinajstić information content (AvgIpc) is 3.16. The molecule has 5 rings (SSSR count). The second-order valence-corrected chi connectivity index (χ2v) is 7.24. The third-order valence-electron chi connectivity index (χ3n) is 5.33. The molecule has 0 saturated heterocycles. The Morgan fingerprint density at radius 2 is 1.45 bits per heavy atom. The molecule has 0 fully saturated rings. The summed E-state index contributed by atoms with van der Waals surface area (Å²) in [5.74, 6) is -0.645. The molecule has 5 nitrogen and oxygen atoms in total. The van der Waals surface area contributed by atoms with Gasteiger partial charge in [0.2, 0.25) is 0 Å². The van der Waals surface area contributed by atoms with Crippen LogP contribution in [-0.4, -0.2) is 19.0 Å². The van der Waals surface area contributed by atoms with E-state index < -0.39 is 11.9 Å². The number of carbonyl (C=O) groups excluding carboxylic acids is 2. The molecule has 0 radical (unpaired) electrons. The summed E-state index contributed by atoms with van der Waals surface area (Å²) in [6, 6.07) is 22.8. The molecular formula is C26H18O5. The Kier molecular flexibility index (Phi) is 4.44. The fourth-order valence-electron chi connectivity index (χ4n) is 4.04. The Bertz CT molecular complexity index is 1490. The van der Waals surface area contributed by atoms with E-state index in [9.17, 15) is 9.59 Å². The van der Waals surface area contributed by atoms with Gasteiger partial charge in [-0.3, -0.25) is 4.79 Å². The van der Waals surface area contributed by atoms with Gasteiger partial charge in [0.05, 0.1) is 12.7 Å². The zero-order valence-corrected chi connectivity index (χ0v) is 17.0. The van der Waals surface area contributed by atoms with E-state index in [1.54, 1.807) is 6.07 Å². The zero-order valence-electron chi connectivity index (χ0n) is 17.0. The van der Waals surface area contributed by atoms with Crippen LogP contribution in [0.2, 0.25) is 0 Å². The molecule has 0 N–H and O–H groups in total. The first-order valence-electron chi connectivity index (χ1n) is 9.81. The van der Waals surface area contributed by atoms with Crippen LogP contribution in [0.5, 0.6) is 5.75 Å². The van der Waals surface area contributed by atoms with Crippen molar-refractivity contribution in [3.63, 3.8) is 0 Å². The lowest BCUT2D eigenvalue weighted by Crippen LogP contribution is -2.08. The van der Waals surface area contributed by atoms with E-state index in [2.05, 4.69) is 0 Å². The van der Waals surface area contributed by atoms with Crippen molar-refractivity contribution in [2.75, 3.05) is 7.11 Å². The maximum Gasteiger partial charge on any atom is 0.338 e. The topological polar surface area (TPSA) is 65.7 Å². The summed E-state index contributed by atoms with van der Waals surface area (Å²) >= 11 is 0. The minimum atomic E-state index is -0.508. The molecule has 1 heterocycles. The smallest absolute Gasteiger partial charge is 0.338 e. The number of hydrogen-bond donors (Lipinski definition) is 0. The first kappa shape index (κ1) is 18.9. The lowest BCUT2D eigenvalue weighted by molar-refractivity contribution is -0.131. The molecule has 0 bridgehead atoms. The summed E-state index contributed by atoms with van der Waals surface area (Å²) in [6.45, 7) is 1.33. The van der Waals surface area contributed by atoms with E-state index in [4.69, 9.17) is 13.9 Å². The number of rotatable bonds is 3. The molecule has 5 heteroatoms. The number of methoxy groups -OCH3 is 1. The third kappa shape index (κ3) is 3.11. The maximum absolute atomic E-state index is 12.7. The molecule has 0 aliphatic rings. The summed E-state index contributed by atoms with van der Waals surface area (Å²) in [5, 5.41) is 3.48. The quantitative estimate of drug-likeness (QED) is 0.265. The molecule has 4 aromatic carbocycles. The highest BCUT2D eigenvalue weighted by molar-refractivity contribution is 6.13. The van der Waals surface area contributed by atoms with E-state index in [0.29, 0.717) is 16.9 Å². The average molecular weight is 410 g/mol. The molecule has 0 aliphatic heterocycles. The zero-order chi connectivity index (χ0) is 21.5. The molecule has 5 aromatic rings. The third-order valence-corrected chi connectivity index (χ3v) is 5.33. The SMILES string of the molecule is COC(=O)c1cc(OC(C)=O)c2ccccc2c1-c1ccc2oc3ccccc3c2c1. The summed E-state index contributed by atoms with van der Waals surface area (Å²) in [4.78, 5) is 24.4. The number of esters is 2. The van der Waals surface area contributed by atoms with Crippen LogP contribution in [-0.2, 0) is 9.53 Å². The van der Waals surface area contributed by atoms with Crippen LogP contribution in [0.3, 0.4) is 0 Å². The number of para-hydroxylation sites is 1. The van der Waals surface area contributed by atoms with Gasteiger partial charge >= 0.3 is 11.9 Å². The monoisotopic (exact) mass is 410 g/mol. The summed E-state index contributed by atoms with van der Waals surface area (Å²) < 4.78 is 16.4. The van der Waals surface area contributed by atoms with Gasteiger partial charge < -0.3 is 13.9 Å². The highest BCUT2D eigenvalue weighted by atomic mass is 16.5. The number of fused-ring (bicyclic) bond motifs is 4. The first-order valence-corrected chi connectivity index (χ1v) is 9.81. The number of carbonyl (C=O) groups is 2. The van der Waals surface area contributed by atoms with Crippen molar-refractivity contribution in [3.05, 3.63) is 78.4 Å². The van der Waals surface area contributed by atoms with Crippen LogP contribution in [0.25, 0.3) is 43.8 Å². The fraction of sp³-hybridized carbons (Fsp3) is 0.0769. The molecular weight excluding hydrogens is 392 g/mol. The summed E-state index contributed by atoms with van der Waals surface area (Å²) in [6.07, 6.45) is 0. The predicted octanol–water partition coefficient (Wildman–Crippen LogP) is 6.12. The molecule has 0 unspecified atom stereocenters. The molecule has 0 aliphatic carbocycles. The normalized spacial score (nSPS) is 11.2. The van der Waals surface area contributed by atoms with Crippen LogP contribution < -0.4 is 4.74 Å². The lowest BCUT2D eigenvalue weighted by Gasteiger charge is -2.15. The highest BCUT2D eigenvalue weighted by Crippen LogP contribution is 2.40. The van der Waals surface area contributed by atoms with E-state index >= 15 is 0 Å². The van der Waals surface area contributed by atoms with Crippen LogP contribution >= 0.6 is 0 Å². The van der Waals surface area contributed by atoms with Gasteiger partial charge in [-0.25, -0.2) is 4.79 Å². The highest BCUT2D eigenvalue weighted by Gasteiger charge is 2.21. The predicted molar refractivity (Wildman–Crippen MR) is 119 cm³/mol. The van der Waals surface area contributed by atoms with Gasteiger partial charge in [0.15, 0.2) is 0 Å². The van der Waals surface area contributed by atoms with Crippen molar-refractivity contribution in [2.24, 2.45) is 0 Å². The van der Waals surface area contributed by atoms with Crippen molar-refractivity contribution in [2.45, 2.75) is 6.92 Å². The van der Waals surface area contributed by atoms with Crippen molar-refractivity contribution in [1.82, 2.24) is 0 Å². The van der Waals surface area contributed by atoms with Crippen molar-refractivity contribution in [3.8, 4) is 16.9 Å². The van der Waals surface area contributed by atoms with Crippen molar-refractivity contribution >= 4 is 44.6 Å². The minimum absolute atomic E-state index is 0.321. The molecule has 152 valence electrons. The van der Waals surface area contributed by atoms with Gasteiger partial charge in [-0.05, 0) is 35.2 Å². The maximum atomic E-state index is 12.7. The minimum Gasteiger partial charge on any atom is -0.465 e. The van der Waals surface area contributed by atoms with Gasteiger partial charge in [-0.1, -0.05) is 48.5 Å². The molecule has 0 saturated carbocycles. The Hall–Kier alpha value is -4.12. The largest absolute Gasteiger partial charge is 0.465 e. The lowest BCUT2D eigenvalue weighted by atomic mass is 9.91. The van der Waals surface area contributed by atoms with Gasteiger partial charge in [-0.2, -0.15) is 0 Å². The molecule has 31 heavy (non-hydrogen) atoms. The summed E-state index contributed by atoms with van der Waals surface area (Å²) in [5.41, 5.74) is 3.45. The number of benzene rings is 4. The standard InChI is InChI=1S/C26H18O5/c1-15(27)30-24-14-21(26(28)29-2)25(19-9-4-3-7-17(19)24)16-11-12-23-20(13-16)18-8-5-6-10-22(18)31-23/h3-14H,1-2H3. The van der Waals surface area contributed by atoms with Crippen LogP contribution in [0.1, 0.15) is 17.3 Å². The van der Waals surface area contributed by atoms with Gasteiger partial charge in [0.1, 0.15) is 16.9 Å². The van der Waals surface area contributed by atoms with Gasteiger partial charge in [-0.15, -0.1) is 0 Å². The summed E-state index contributed by atoms with van der Waals surface area (Å²) in [7, 11) is 1.33. The van der Waals surface area contributed by atoms with Crippen molar-refractivity contribution in [1.29, 1.82) is 0 Å². The number of hydrogen-bond acceptors (Lipinski definition) is 5. The first-order chi connectivity index (χ1) is 15.1. The molecule has 1 aromatic heterocycles. The van der Waals surface area contributed by atoms with Gasteiger partial charge in [0.25, 0.3) is 0 Å². The van der Waals surface area contributed by atoms with Crippen LogP contribution in [0.4, 0.5) is 0 Å². The Morgan fingerprint density at radius 1 is 0.774 bits per heavy atom. The van der Waals surface area contributed by atoms with E-state index in [1.165, 1.54) is 14.0 Å². The Labute approximate surface area is 177 Å². The van der Waals surface area contributed by atoms with E-state index in [-0.39, 0.29) is 0 Å². The van der Waals surface area contributed by atoms with Crippen LogP contribution in [0, 0.1) is 0 Å². The van der Waals surface area contributed by atoms with Gasteiger partial charge in [0, 0.05) is 28.6 Å². The Balaban J connectivity index is 1.86. The van der Waals surface area contributed by atoms with E-state index in [0.717, 1.165) is 38.3 Å². The van der Waals surface area contributed by atoms with E-state index in [1.807, 2.05) is 66.7 Å². The number of ether oxygens (including phenoxy) is 2. The second kappa shape index (κ2) is 7.29. The number of furan rings is 1. The molecule has 0 amide bonds.